The van der Waals surface area contributed by atoms with E-state index in [0.29, 0.717) is 29.1 Å². The molecule has 0 aliphatic rings. The van der Waals surface area contributed by atoms with Crippen molar-refractivity contribution in [3.63, 3.8) is 0 Å². The van der Waals surface area contributed by atoms with Gasteiger partial charge in [-0.3, -0.25) is 9.59 Å². The van der Waals surface area contributed by atoms with Crippen molar-refractivity contribution in [3.8, 4) is 0 Å². The Labute approximate surface area is 210 Å². The number of esters is 1. The van der Waals surface area contributed by atoms with Crippen LogP contribution in [0.1, 0.15) is 33.2 Å². The lowest BCUT2D eigenvalue weighted by Crippen LogP contribution is -2.14. The molecule has 4 aromatic rings. The van der Waals surface area contributed by atoms with Crippen molar-refractivity contribution in [1.29, 1.82) is 0 Å². The average Bonchev–Trinajstić information content (AvgIpc) is 3.26. The molecule has 0 aliphatic carbocycles. The number of ether oxygens (including phenoxy) is 1. The van der Waals surface area contributed by atoms with Crippen molar-refractivity contribution in [2.45, 2.75) is 18.2 Å². The molecule has 0 atom stereocenters. The number of benzene rings is 3. The van der Waals surface area contributed by atoms with Crippen LogP contribution in [0.25, 0.3) is 10.2 Å². The Morgan fingerprint density at radius 2 is 1.60 bits per heavy atom. The summed E-state index contributed by atoms with van der Waals surface area (Å²) in [5.74, 6) is -0.550. The molecule has 3 aromatic carbocycles. The van der Waals surface area contributed by atoms with E-state index in [2.05, 4.69) is 15.6 Å². The molecule has 0 aliphatic heterocycles. The molecule has 2 amide bonds. The van der Waals surface area contributed by atoms with Crippen LogP contribution in [0.2, 0.25) is 0 Å². The predicted molar refractivity (Wildman–Crippen MR) is 141 cm³/mol. The maximum absolute atomic E-state index is 12.5. The molecule has 1 aromatic heterocycles. The number of hydrogen-bond donors (Lipinski definition) is 2. The van der Waals surface area contributed by atoms with E-state index in [9.17, 15) is 14.4 Å². The summed E-state index contributed by atoms with van der Waals surface area (Å²) >= 11 is 2.80. The zero-order chi connectivity index (χ0) is 24.8. The number of thiazole rings is 1. The molecule has 2 N–H and O–H groups in total. The lowest BCUT2D eigenvalue weighted by atomic mass is 10.1. The minimum atomic E-state index is -0.394. The lowest BCUT2D eigenvalue weighted by molar-refractivity contribution is -0.113. The van der Waals surface area contributed by atoms with E-state index in [4.69, 9.17) is 4.74 Å². The SMILES string of the molecule is CCOC(=O)c1ccc(NC(=O)CSc2nc3ccc(NC(=O)c4ccc(C)cc4)cc3s2)cc1. The minimum Gasteiger partial charge on any atom is -0.462 e. The fourth-order valence-electron chi connectivity index (χ4n) is 3.18. The zero-order valence-electron chi connectivity index (χ0n) is 19.2. The first-order chi connectivity index (χ1) is 16.9. The normalized spacial score (nSPS) is 10.7. The summed E-state index contributed by atoms with van der Waals surface area (Å²) in [5.41, 5.74) is 4.22. The van der Waals surface area contributed by atoms with Crippen LogP contribution in [0.5, 0.6) is 0 Å². The number of carbonyl (C=O) groups excluding carboxylic acids is 3. The van der Waals surface area contributed by atoms with Crippen LogP contribution in [0, 0.1) is 6.92 Å². The monoisotopic (exact) mass is 505 g/mol. The molecule has 9 heteroatoms. The molecular formula is C26H23N3O4S2. The first-order valence-corrected chi connectivity index (χ1v) is 12.7. The maximum Gasteiger partial charge on any atom is 0.338 e. The van der Waals surface area contributed by atoms with Gasteiger partial charge in [-0.1, -0.05) is 29.5 Å². The lowest BCUT2D eigenvalue weighted by Gasteiger charge is -2.06. The van der Waals surface area contributed by atoms with E-state index < -0.39 is 5.97 Å². The van der Waals surface area contributed by atoms with Gasteiger partial charge in [0.1, 0.15) is 0 Å². The van der Waals surface area contributed by atoms with E-state index in [0.717, 1.165) is 20.1 Å². The van der Waals surface area contributed by atoms with Gasteiger partial charge in [-0.25, -0.2) is 9.78 Å². The summed E-state index contributed by atoms with van der Waals surface area (Å²) in [5, 5.41) is 5.73. The van der Waals surface area contributed by atoms with Crippen molar-refractivity contribution in [3.05, 3.63) is 83.4 Å². The third-order valence-corrected chi connectivity index (χ3v) is 7.11. The van der Waals surface area contributed by atoms with Gasteiger partial charge in [0.05, 0.1) is 28.1 Å². The van der Waals surface area contributed by atoms with E-state index in [1.54, 1.807) is 43.3 Å². The Morgan fingerprint density at radius 3 is 2.31 bits per heavy atom. The quantitative estimate of drug-likeness (QED) is 0.233. The highest BCUT2D eigenvalue weighted by atomic mass is 32.2. The third kappa shape index (κ3) is 6.46. The van der Waals surface area contributed by atoms with E-state index in [-0.39, 0.29) is 17.6 Å². The van der Waals surface area contributed by atoms with Crippen LogP contribution in [0.4, 0.5) is 11.4 Å². The standard InChI is InChI=1S/C26H23N3O4S2/c1-3-33-25(32)18-8-10-19(11-9-18)27-23(30)15-34-26-29-21-13-12-20(14-22(21)35-26)28-24(31)17-6-4-16(2)5-7-17/h4-14H,3,15H2,1-2H3,(H,27,30)(H,28,31). The van der Waals surface area contributed by atoms with Crippen molar-refractivity contribution in [2.75, 3.05) is 23.0 Å². The van der Waals surface area contributed by atoms with Gasteiger partial charge in [-0.2, -0.15) is 0 Å². The van der Waals surface area contributed by atoms with Crippen molar-refractivity contribution in [1.82, 2.24) is 4.98 Å². The van der Waals surface area contributed by atoms with Crippen molar-refractivity contribution in [2.24, 2.45) is 0 Å². The number of rotatable bonds is 8. The van der Waals surface area contributed by atoms with Crippen LogP contribution in [0.15, 0.2) is 71.1 Å². The molecule has 0 spiro atoms. The number of hydrogen-bond acceptors (Lipinski definition) is 7. The first kappa shape index (κ1) is 24.4. The number of aromatic nitrogens is 1. The molecule has 0 radical (unpaired) electrons. The molecular weight excluding hydrogens is 482 g/mol. The molecule has 0 unspecified atom stereocenters. The van der Waals surface area contributed by atoms with Crippen LogP contribution >= 0.6 is 23.1 Å². The topological polar surface area (TPSA) is 97.4 Å². The molecule has 7 nitrogen and oxygen atoms in total. The predicted octanol–water partition coefficient (Wildman–Crippen LogP) is 5.76. The summed E-state index contributed by atoms with van der Waals surface area (Å²) in [6.45, 7) is 4.03. The van der Waals surface area contributed by atoms with Gasteiger partial charge in [-0.05, 0) is 68.4 Å². The Hall–Kier alpha value is -3.69. The number of amides is 2. The second kappa shape index (κ2) is 11.2. The zero-order valence-corrected chi connectivity index (χ0v) is 20.8. The van der Waals surface area contributed by atoms with Gasteiger partial charge < -0.3 is 15.4 Å². The summed E-state index contributed by atoms with van der Waals surface area (Å²) in [7, 11) is 0. The Kier molecular flexibility index (Phi) is 7.79. The van der Waals surface area contributed by atoms with Crippen LogP contribution in [-0.2, 0) is 9.53 Å². The molecule has 0 fully saturated rings. The second-order valence-electron chi connectivity index (χ2n) is 7.62. The van der Waals surface area contributed by atoms with Crippen molar-refractivity contribution >= 4 is 62.5 Å². The van der Waals surface area contributed by atoms with Crippen LogP contribution in [-0.4, -0.2) is 35.1 Å². The number of aryl methyl sites for hydroxylation is 1. The number of anilines is 2. The highest BCUT2D eigenvalue weighted by molar-refractivity contribution is 8.01. The molecule has 0 saturated carbocycles. The van der Waals surface area contributed by atoms with E-state index >= 15 is 0 Å². The number of thioether (sulfide) groups is 1. The molecule has 4 rings (SSSR count). The molecule has 0 bridgehead atoms. The smallest absolute Gasteiger partial charge is 0.338 e. The summed E-state index contributed by atoms with van der Waals surface area (Å²) < 4.78 is 6.64. The molecule has 0 saturated heterocycles. The van der Waals surface area contributed by atoms with Gasteiger partial charge in [0.2, 0.25) is 5.91 Å². The largest absolute Gasteiger partial charge is 0.462 e. The number of fused-ring (bicyclic) bond motifs is 1. The number of nitrogens with zero attached hydrogens (tertiary/aromatic N) is 1. The second-order valence-corrected chi connectivity index (χ2v) is 9.87. The van der Waals surface area contributed by atoms with Gasteiger partial charge in [0.15, 0.2) is 4.34 Å². The number of nitrogens with one attached hydrogen (secondary N) is 2. The average molecular weight is 506 g/mol. The van der Waals surface area contributed by atoms with Crippen LogP contribution in [0.3, 0.4) is 0 Å². The van der Waals surface area contributed by atoms with Gasteiger partial charge in [-0.15, -0.1) is 11.3 Å². The summed E-state index contributed by atoms with van der Waals surface area (Å²) in [6.07, 6.45) is 0. The Bertz CT molecular complexity index is 1370. The molecule has 178 valence electrons. The van der Waals surface area contributed by atoms with Gasteiger partial charge in [0, 0.05) is 16.9 Å². The first-order valence-electron chi connectivity index (χ1n) is 10.9. The fraction of sp³-hybridized carbons (Fsp3) is 0.154. The third-order valence-electron chi connectivity index (χ3n) is 4.95. The van der Waals surface area contributed by atoms with E-state index in [1.165, 1.54) is 23.1 Å². The number of carbonyl (C=O) groups is 3. The van der Waals surface area contributed by atoms with Crippen LogP contribution < -0.4 is 10.6 Å². The van der Waals surface area contributed by atoms with E-state index in [1.807, 2.05) is 37.3 Å². The highest BCUT2D eigenvalue weighted by Gasteiger charge is 2.11. The maximum atomic E-state index is 12.5. The highest BCUT2D eigenvalue weighted by Crippen LogP contribution is 2.31. The minimum absolute atomic E-state index is 0.171. The van der Waals surface area contributed by atoms with Crippen molar-refractivity contribution < 1.29 is 19.1 Å². The van der Waals surface area contributed by atoms with Gasteiger partial charge >= 0.3 is 5.97 Å². The molecule has 35 heavy (non-hydrogen) atoms. The van der Waals surface area contributed by atoms with Gasteiger partial charge in [0.25, 0.3) is 5.91 Å². The molecule has 1 heterocycles. The Balaban J connectivity index is 1.33. The Morgan fingerprint density at radius 1 is 0.914 bits per heavy atom. The fourth-order valence-corrected chi connectivity index (χ4v) is 5.09. The summed E-state index contributed by atoms with van der Waals surface area (Å²) in [4.78, 5) is 41.1. The summed E-state index contributed by atoms with van der Waals surface area (Å²) in [6, 6.07) is 19.5.